The normalized spacial score (nSPS) is 17.8. The van der Waals surface area contributed by atoms with Crippen LogP contribution in [0.2, 0.25) is 0 Å². The minimum atomic E-state index is -0.329. The van der Waals surface area contributed by atoms with Crippen LogP contribution in [0.4, 0.5) is 0 Å². The van der Waals surface area contributed by atoms with Crippen LogP contribution in [-0.2, 0) is 0 Å². The van der Waals surface area contributed by atoms with E-state index in [9.17, 15) is 0 Å². The summed E-state index contributed by atoms with van der Waals surface area (Å²) in [4.78, 5) is 0. The van der Waals surface area contributed by atoms with Gasteiger partial charge in [0.25, 0.3) is 0 Å². The van der Waals surface area contributed by atoms with Crippen molar-refractivity contribution in [1.82, 2.24) is 5.01 Å². The second-order valence-electron chi connectivity index (χ2n) is 9.93. The van der Waals surface area contributed by atoms with E-state index < -0.39 is 0 Å². The van der Waals surface area contributed by atoms with Crippen molar-refractivity contribution in [2.24, 2.45) is 5.10 Å². The quantitative estimate of drug-likeness (QED) is 0.232. The molecule has 2 aliphatic rings. The molecule has 0 bridgehead atoms. The zero-order valence-corrected chi connectivity index (χ0v) is 22.7. The highest BCUT2D eigenvalue weighted by molar-refractivity contribution is 6.02. The molecule has 0 aliphatic carbocycles. The van der Waals surface area contributed by atoms with E-state index in [0.29, 0.717) is 0 Å². The minimum absolute atomic E-state index is 0.0552. The first-order valence-corrected chi connectivity index (χ1v) is 13.8. The molecule has 2 aliphatic heterocycles. The Balaban J connectivity index is 1.33. The monoisotopic (exact) mass is 514 g/mol. The predicted molar refractivity (Wildman–Crippen MR) is 150 cm³/mol. The molecular weight excluding hydrogens is 476 g/mol. The molecule has 3 aromatic rings. The van der Waals surface area contributed by atoms with Gasteiger partial charge in [-0.3, -0.25) is 0 Å². The fourth-order valence-electron chi connectivity index (χ4n) is 5.17. The molecule has 0 saturated carbocycles. The highest BCUT2D eigenvalue weighted by atomic mass is 16.5. The summed E-state index contributed by atoms with van der Waals surface area (Å²) >= 11 is 0. The average molecular weight is 515 g/mol. The van der Waals surface area contributed by atoms with Gasteiger partial charge in [-0.05, 0) is 78.7 Å². The first kappa shape index (κ1) is 26.0. The topological polar surface area (TPSA) is 52.5 Å². The molecule has 2 heterocycles. The molecule has 0 N–H and O–H groups in total. The number of methoxy groups -OCH3 is 2. The van der Waals surface area contributed by atoms with Crippen molar-refractivity contribution < 1.29 is 18.9 Å². The van der Waals surface area contributed by atoms with Gasteiger partial charge in [0.15, 0.2) is 0 Å². The van der Waals surface area contributed by atoms with Crippen molar-refractivity contribution in [3.05, 3.63) is 83.4 Å². The molecule has 0 saturated heterocycles. The van der Waals surface area contributed by atoms with Gasteiger partial charge in [0.05, 0.1) is 32.6 Å². The summed E-state index contributed by atoms with van der Waals surface area (Å²) in [6.07, 6.45) is 7.99. The van der Waals surface area contributed by atoms with Crippen LogP contribution in [0.25, 0.3) is 0 Å². The van der Waals surface area contributed by atoms with Gasteiger partial charge in [0.1, 0.15) is 23.0 Å². The van der Waals surface area contributed by atoms with Crippen LogP contribution < -0.4 is 18.9 Å². The molecule has 3 aromatic carbocycles. The van der Waals surface area contributed by atoms with Crippen molar-refractivity contribution in [2.45, 2.75) is 64.1 Å². The molecule has 0 radical (unpaired) electrons. The summed E-state index contributed by atoms with van der Waals surface area (Å²) in [6.45, 7) is 3.00. The highest BCUT2D eigenvalue weighted by Crippen LogP contribution is 2.48. The van der Waals surface area contributed by atoms with Crippen molar-refractivity contribution in [3.8, 4) is 23.0 Å². The van der Waals surface area contributed by atoms with Gasteiger partial charge in [0, 0.05) is 17.5 Å². The van der Waals surface area contributed by atoms with Gasteiger partial charge >= 0.3 is 0 Å². The Morgan fingerprint density at radius 1 is 0.816 bits per heavy atom. The lowest BCUT2D eigenvalue weighted by Gasteiger charge is -2.38. The van der Waals surface area contributed by atoms with Crippen LogP contribution in [-0.4, -0.2) is 31.5 Å². The van der Waals surface area contributed by atoms with Gasteiger partial charge in [0.2, 0.25) is 6.23 Å². The van der Waals surface area contributed by atoms with Crippen LogP contribution in [0.3, 0.4) is 0 Å². The number of nitrogens with zero attached hydrogens (tertiary/aromatic N) is 2. The second kappa shape index (κ2) is 12.2. The van der Waals surface area contributed by atoms with Crippen LogP contribution in [0, 0.1) is 0 Å². The molecule has 0 unspecified atom stereocenters. The number of hydrogen-bond acceptors (Lipinski definition) is 6. The molecule has 200 valence electrons. The number of ether oxygens (including phenoxy) is 4. The third kappa shape index (κ3) is 5.74. The number of hydrazone groups is 1. The Kier molecular flexibility index (Phi) is 8.37. The van der Waals surface area contributed by atoms with E-state index in [-0.39, 0.29) is 12.3 Å². The van der Waals surface area contributed by atoms with Gasteiger partial charge in [-0.2, -0.15) is 5.10 Å². The Hall–Kier alpha value is -3.67. The fourth-order valence-corrected chi connectivity index (χ4v) is 5.17. The fraction of sp³-hybridized carbons (Fsp3) is 0.406. The Morgan fingerprint density at radius 3 is 2.24 bits per heavy atom. The van der Waals surface area contributed by atoms with E-state index in [1.807, 2.05) is 36.4 Å². The molecular formula is C32H38N2O4. The first-order valence-electron chi connectivity index (χ1n) is 13.8. The zero-order chi connectivity index (χ0) is 26.3. The van der Waals surface area contributed by atoms with E-state index in [0.717, 1.165) is 64.8 Å². The third-order valence-corrected chi connectivity index (χ3v) is 7.35. The summed E-state index contributed by atoms with van der Waals surface area (Å²) in [6, 6.07) is 22.4. The zero-order valence-electron chi connectivity index (χ0n) is 22.7. The molecule has 0 spiro atoms. The Morgan fingerprint density at radius 2 is 1.50 bits per heavy atom. The minimum Gasteiger partial charge on any atom is -0.497 e. The summed E-state index contributed by atoms with van der Waals surface area (Å²) in [7, 11) is 3.37. The standard InChI is InChI=1S/C32H38N2O4/c1-4-5-6-7-8-9-20-37-26-16-12-24(13-17-26)32-34-30(28-21-27(36-3)18-19-31(28)38-32)22-29(33-34)23-10-14-25(35-2)15-11-23/h10-19,21,30,32H,4-9,20,22H2,1-3H3/t30-,32-/m0/s1. The number of fused-ring (bicyclic) bond motifs is 3. The number of unbranched alkanes of at least 4 members (excludes halogenated alkanes) is 5. The van der Waals surface area contributed by atoms with Crippen LogP contribution in [0.5, 0.6) is 23.0 Å². The molecule has 38 heavy (non-hydrogen) atoms. The van der Waals surface area contributed by atoms with Gasteiger partial charge < -0.3 is 18.9 Å². The number of benzene rings is 3. The van der Waals surface area contributed by atoms with E-state index in [2.05, 4.69) is 42.3 Å². The molecule has 0 fully saturated rings. The van der Waals surface area contributed by atoms with Gasteiger partial charge in [-0.1, -0.05) is 39.0 Å². The van der Waals surface area contributed by atoms with E-state index in [1.54, 1.807) is 14.2 Å². The summed E-state index contributed by atoms with van der Waals surface area (Å²) < 4.78 is 23.4. The van der Waals surface area contributed by atoms with Gasteiger partial charge in [-0.15, -0.1) is 0 Å². The van der Waals surface area contributed by atoms with Gasteiger partial charge in [-0.25, -0.2) is 5.01 Å². The highest BCUT2D eigenvalue weighted by Gasteiger charge is 2.41. The molecule has 5 rings (SSSR count). The van der Waals surface area contributed by atoms with Crippen molar-refractivity contribution in [2.75, 3.05) is 20.8 Å². The lowest BCUT2D eigenvalue weighted by atomic mass is 9.95. The maximum atomic E-state index is 6.54. The van der Waals surface area contributed by atoms with E-state index in [4.69, 9.17) is 24.0 Å². The largest absolute Gasteiger partial charge is 0.497 e. The maximum absolute atomic E-state index is 6.54. The third-order valence-electron chi connectivity index (χ3n) is 7.35. The lowest BCUT2D eigenvalue weighted by Crippen LogP contribution is -2.33. The first-order chi connectivity index (χ1) is 18.7. The number of rotatable bonds is 12. The van der Waals surface area contributed by atoms with E-state index >= 15 is 0 Å². The molecule has 2 atom stereocenters. The van der Waals surface area contributed by atoms with Crippen molar-refractivity contribution in [3.63, 3.8) is 0 Å². The molecule has 0 aromatic heterocycles. The Bertz CT molecular complexity index is 1220. The SMILES string of the molecule is CCCCCCCCOc1ccc([C@@H]2Oc3ccc(OC)cc3[C@@H]3CC(c4ccc(OC)cc4)=NN32)cc1. The number of hydrogen-bond donors (Lipinski definition) is 0. The van der Waals surface area contributed by atoms with Crippen molar-refractivity contribution >= 4 is 5.71 Å². The smallest absolute Gasteiger partial charge is 0.213 e. The van der Waals surface area contributed by atoms with Crippen LogP contribution >= 0.6 is 0 Å². The maximum Gasteiger partial charge on any atom is 0.213 e. The summed E-state index contributed by atoms with van der Waals surface area (Å²) in [5, 5.41) is 7.16. The van der Waals surface area contributed by atoms with Crippen molar-refractivity contribution in [1.29, 1.82) is 0 Å². The molecule has 6 nitrogen and oxygen atoms in total. The second-order valence-corrected chi connectivity index (χ2v) is 9.93. The lowest BCUT2D eigenvalue weighted by molar-refractivity contribution is -0.0191. The van der Waals surface area contributed by atoms with Crippen LogP contribution in [0.1, 0.15) is 80.8 Å². The summed E-state index contributed by atoms with van der Waals surface area (Å²) in [5.74, 6) is 3.41. The summed E-state index contributed by atoms with van der Waals surface area (Å²) in [5.41, 5.74) is 4.25. The van der Waals surface area contributed by atoms with Crippen LogP contribution in [0.15, 0.2) is 71.8 Å². The predicted octanol–water partition coefficient (Wildman–Crippen LogP) is 7.69. The molecule has 6 heteroatoms. The average Bonchev–Trinajstić information content (AvgIpc) is 3.42. The molecule has 0 amide bonds. The van der Waals surface area contributed by atoms with E-state index in [1.165, 1.54) is 32.1 Å². The Labute approximate surface area is 226 Å².